The van der Waals surface area contributed by atoms with Gasteiger partial charge in [0.1, 0.15) is 5.54 Å². The van der Waals surface area contributed by atoms with Crippen molar-refractivity contribution in [3.8, 4) is 0 Å². The number of hydrogen-bond donors (Lipinski definition) is 1. The van der Waals surface area contributed by atoms with Gasteiger partial charge in [-0.3, -0.25) is 9.69 Å². The van der Waals surface area contributed by atoms with Crippen LogP contribution in [-0.4, -0.2) is 46.9 Å². The van der Waals surface area contributed by atoms with Crippen LogP contribution >= 0.6 is 28.3 Å². The lowest BCUT2D eigenvalue weighted by Gasteiger charge is -2.37. The fourth-order valence-electron chi connectivity index (χ4n) is 4.41. The van der Waals surface area contributed by atoms with Crippen molar-refractivity contribution in [1.82, 2.24) is 15.1 Å². The van der Waals surface area contributed by atoms with E-state index in [1.54, 1.807) is 0 Å². The molecule has 0 bridgehead atoms. The first-order valence-electron chi connectivity index (χ1n) is 10.6. The molecule has 166 valence electrons. The zero-order chi connectivity index (χ0) is 21.1. The van der Waals surface area contributed by atoms with Gasteiger partial charge in [-0.05, 0) is 55.0 Å². The molecule has 1 unspecified atom stereocenters. The SMILES string of the molecule is CC(CCN1CCC2(CC1)NC(=O)N(Cc1ccc(Br)cc1)C2=O)c1ccccc1.Cl. The van der Waals surface area contributed by atoms with Crippen molar-refractivity contribution in [2.45, 2.75) is 44.2 Å². The summed E-state index contributed by atoms with van der Waals surface area (Å²) >= 11 is 3.42. The molecular weight excluding hydrogens is 478 g/mol. The molecule has 2 fully saturated rings. The fraction of sp³-hybridized carbons (Fsp3) is 0.417. The van der Waals surface area contributed by atoms with E-state index in [0.29, 0.717) is 25.3 Å². The normalized spacial score (nSPS) is 19.2. The number of benzene rings is 2. The second kappa shape index (κ2) is 10.2. The third kappa shape index (κ3) is 5.30. The maximum atomic E-state index is 13.1. The van der Waals surface area contributed by atoms with Crippen molar-refractivity contribution < 1.29 is 9.59 Å². The van der Waals surface area contributed by atoms with Crippen LogP contribution < -0.4 is 5.32 Å². The third-order valence-electron chi connectivity index (χ3n) is 6.46. The van der Waals surface area contributed by atoms with Gasteiger partial charge in [0, 0.05) is 17.6 Å². The van der Waals surface area contributed by atoms with E-state index in [1.807, 2.05) is 30.3 Å². The van der Waals surface area contributed by atoms with Gasteiger partial charge in [-0.1, -0.05) is 65.3 Å². The van der Waals surface area contributed by atoms with Gasteiger partial charge < -0.3 is 10.2 Å². The van der Waals surface area contributed by atoms with Crippen molar-refractivity contribution in [1.29, 1.82) is 0 Å². The predicted molar refractivity (Wildman–Crippen MR) is 128 cm³/mol. The Kier molecular flexibility index (Phi) is 7.78. The van der Waals surface area contributed by atoms with Crippen LogP contribution in [0.4, 0.5) is 4.79 Å². The number of hydrogen-bond acceptors (Lipinski definition) is 3. The fourth-order valence-corrected chi connectivity index (χ4v) is 4.68. The second-order valence-corrected chi connectivity index (χ2v) is 9.39. The lowest BCUT2D eigenvalue weighted by Crippen LogP contribution is -2.55. The van der Waals surface area contributed by atoms with Crippen molar-refractivity contribution in [2.75, 3.05) is 19.6 Å². The number of nitrogens with one attached hydrogen (secondary N) is 1. The van der Waals surface area contributed by atoms with Gasteiger partial charge in [-0.25, -0.2) is 4.79 Å². The van der Waals surface area contributed by atoms with E-state index >= 15 is 0 Å². The smallest absolute Gasteiger partial charge is 0.323 e. The molecule has 2 aliphatic heterocycles. The van der Waals surface area contributed by atoms with Crippen LogP contribution in [0.15, 0.2) is 59.1 Å². The highest BCUT2D eigenvalue weighted by molar-refractivity contribution is 9.10. The summed E-state index contributed by atoms with van der Waals surface area (Å²) in [6.45, 7) is 5.26. The summed E-state index contributed by atoms with van der Waals surface area (Å²) in [7, 11) is 0. The van der Waals surface area contributed by atoms with Crippen LogP contribution in [-0.2, 0) is 11.3 Å². The van der Waals surface area contributed by atoms with Gasteiger partial charge in [0.05, 0.1) is 6.54 Å². The number of carbonyl (C=O) groups is 2. The Hall–Kier alpha value is -1.89. The molecule has 4 rings (SSSR count). The van der Waals surface area contributed by atoms with E-state index in [4.69, 9.17) is 0 Å². The van der Waals surface area contributed by atoms with Gasteiger partial charge >= 0.3 is 6.03 Å². The largest absolute Gasteiger partial charge is 0.325 e. The molecule has 31 heavy (non-hydrogen) atoms. The molecule has 2 aliphatic rings. The van der Waals surface area contributed by atoms with Crippen LogP contribution in [0.5, 0.6) is 0 Å². The summed E-state index contributed by atoms with van der Waals surface area (Å²) in [4.78, 5) is 29.5. The Morgan fingerprint density at radius 2 is 1.68 bits per heavy atom. The van der Waals surface area contributed by atoms with Crippen molar-refractivity contribution in [3.05, 3.63) is 70.2 Å². The molecule has 2 aromatic rings. The summed E-state index contributed by atoms with van der Waals surface area (Å²) in [6.07, 6.45) is 2.44. The summed E-state index contributed by atoms with van der Waals surface area (Å²) in [5, 5.41) is 3.01. The number of imide groups is 1. The van der Waals surface area contributed by atoms with Crippen LogP contribution in [0.2, 0.25) is 0 Å². The molecule has 1 spiro atoms. The molecular formula is C24H29BrClN3O2. The molecule has 0 radical (unpaired) electrons. The Morgan fingerprint density at radius 1 is 1.03 bits per heavy atom. The maximum absolute atomic E-state index is 13.1. The number of likely N-dealkylation sites (tertiary alicyclic amines) is 1. The van der Waals surface area contributed by atoms with E-state index in [9.17, 15) is 9.59 Å². The minimum atomic E-state index is -0.728. The number of amides is 3. The first-order chi connectivity index (χ1) is 14.5. The molecule has 0 aliphatic carbocycles. The van der Waals surface area contributed by atoms with E-state index < -0.39 is 5.54 Å². The zero-order valence-electron chi connectivity index (χ0n) is 17.7. The van der Waals surface area contributed by atoms with Crippen LogP contribution in [0.1, 0.15) is 43.2 Å². The number of carbonyl (C=O) groups excluding carboxylic acids is 2. The monoisotopic (exact) mass is 505 g/mol. The van der Waals surface area contributed by atoms with Crippen LogP contribution in [0, 0.1) is 0 Å². The van der Waals surface area contributed by atoms with E-state index in [0.717, 1.165) is 36.1 Å². The van der Waals surface area contributed by atoms with Crippen LogP contribution in [0.25, 0.3) is 0 Å². The van der Waals surface area contributed by atoms with Gasteiger partial charge in [0.25, 0.3) is 5.91 Å². The highest BCUT2D eigenvalue weighted by Gasteiger charge is 2.52. The quantitative estimate of drug-likeness (QED) is 0.564. The van der Waals surface area contributed by atoms with E-state index in [-0.39, 0.29) is 24.3 Å². The van der Waals surface area contributed by atoms with Gasteiger partial charge in [-0.2, -0.15) is 0 Å². The Labute approximate surface area is 198 Å². The molecule has 0 aromatic heterocycles. The molecule has 2 heterocycles. The van der Waals surface area contributed by atoms with Crippen LogP contribution in [0.3, 0.4) is 0 Å². The highest BCUT2D eigenvalue weighted by Crippen LogP contribution is 2.31. The average molecular weight is 507 g/mol. The van der Waals surface area contributed by atoms with Crippen molar-refractivity contribution in [2.24, 2.45) is 0 Å². The summed E-state index contributed by atoms with van der Waals surface area (Å²) in [5.41, 5.74) is 1.59. The van der Waals surface area contributed by atoms with Gasteiger partial charge in [0.2, 0.25) is 0 Å². The van der Waals surface area contributed by atoms with Gasteiger partial charge in [0.15, 0.2) is 0 Å². The average Bonchev–Trinajstić information content (AvgIpc) is 2.99. The number of urea groups is 1. The molecule has 1 N–H and O–H groups in total. The highest BCUT2D eigenvalue weighted by atomic mass is 79.9. The summed E-state index contributed by atoms with van der Waals surface area (Å²) in [6, 6.07) is 18.1. The minimum absolute atomic E-state index is 0. The zero-order valence-corrected chi connectivity index (χ0v) is 20.1. The first kappa shape index (κ1) is 23.8. The van der Waals surface area contributed by atoms with Crippen molar-refractivity contribution in [3.63, 3.8) is 0 Å². The number of halogens is 2. The lowest BCUT2D eigenvalue weighted by molar-refractivity contribution is -0.133. The topological polar surface area (TPSA) is 52.7 Å². The molecule has 2 aromatic carbocycles. The second-order valence-electron chi connectivity index (χ2n) is 8.47. The Bertz CT molecular complexity index is 899. The number of nitrogens with zero attached hydrogens (tertiary/aromatic N) is 2. The number of rotatable bonds is 6. The van der Waals surface area contributed by atoms with Crippen molar-refractivity contribution >= 4 is 40.3 Å². The molecule has 3 amide bonds. The summed E-state index contributed by atoms with van der Waals surface area (Å²) < 4.78 is 0.980. The molecule has 2 saturated heterocycles. The third-order valence-corrected chi connectivity index (χ3v) is 6.99. The molecule has 0 saturated carbocycles. The lowest BCUT2D eigenvalue weighted by atomic mass is 9.87. The first-order valence-corrected chi connectivity index (χ1v) is 11.4. The van der Waals surface area contributed by atoms with E-state index in [1.165, 1.54) is 10.5 Å². The molecule has 5 nitrogen and oxygen atoms in total. The molecule has 1 atom stereocenters. The Balaban J connectivity index is 0.00000272. The summed E-state index contributed by atoms with van der Waals surface area (Å²) in [5.74, 6) is 0.434. The van der Waals surface area contributed by atoms with Gasteiger partial charge in [-0.15, -0.1) is 12.4 Å². The van der Waals surface area contributed by atoms with E-state index in [2.05, 4.69) is 57.3 Å². The maximum Gasteiger partial charge on any atom is 0.325 e. The predicted octanol–water partition coefficient (Wildman–Crippen LogP) is 4.95. The standard InChI is InChI=1S/C24H28BrN3O2.ClH/c1-18(20-5-3-2-4-6-20)11-14-27-15-12-24(13-16-27)22(29)28(23(30)26-24)17-19-7-9-21(25)10-8-19;/h2-10,18H,11-17H2,1H3,(H,26,30);1H. The minimum Gasteiger partial charge on any atom is -0.323 e. The number of piperidine rings is 1. The Morgan fingerprint density at radius 3 is 2.32 bits per heavy atom. The molecule has 7 heteroatoms.